The number of carbonyl (C=O) groups is 1. The van der Waals surface area contributed by atoms with Crippen molar-refractivity contribution < 1.29 is 4.79 Å². The molecule has 0 aliphatic carbocycles. The molecule has 78 valence electrons. The van der Waals surface area contributed by atoms with E-state index in [0.29, 0.717) is 11.4 Å². The quantitative estimate of drug-likeness (QED) is 0.750. The van der Waals surface area contributed by atoms with E-state index in [1.54, 1.807) is 11.9 Å². The molecule has 0 saturated heterocycles. The standard InChI is InChI=1S/C9H16N4O/c1-3-4-5-13(2)9(14)8-7(10)6-11-12-8/h6H,3-5,10H2,1-2H3,(H,11,12). The fourth-order valence-corrected chi connectivity index (χ4v) is 1.15. The van der Waals surface area contributed by atoms with Gasteiger partial charge in [0.1, 0.15) is 5.69 Å². The minimum atomic E-state index is -0.103. The summed E-state index contributed by atoms with van der Waals surface area (Å²) in [5.41, 5.74) is 6.35. The van der Waals surface area contributed by atoms with Crippen LogP contribution in [-0.4, -0.2) is 34.6 Å². The van der Waals surface area contributed by atoms with Crippen molar-refractivity contribution in [3.05, 3.63) is 11.9 Å². The average molecular weight is 196 g/mol. The Morgan fingerprint density at radius 1 is 1.71 bits per heavy atom. The van der Waals surface area contributed by atoms with Gasteiger partial charge in [0.2, 0.25) is 0 Å². The summed E-state index contributed by atoms with van der Waals surface area (Å²) in [6.45, 7) is 2.83. The second-order valence-corrected chi connectivity index (χ2v) is 3.28. The number of aromatic amines is 1. The lowest BCUT2D eigenvalue weighted by Crippen LogP contribution is -2.28. The van der Waals surface area contributed by atoms with Crippen molar-refractivity contribution in [2.45, 2.75) is 19.8 Å². The van der Waals surface area contributed by atoms with E-state index < -0.39 is 0 Å². The normalized spacial score (nSPS) is 10.1. The molecule has 0 saturated carbocycles. The molecule has 0 bridgehead atoms. The van der Waals surface area contributed by atoms with Crippen LogP contribution in [0.15, 0.2) is 6.20 Å². The summed E-state index contributed by atoms with van der Waals surface area (Å²) in [4.78, 5) is 13.4. The van der Waals surface area contributed by atoms with Gasteiger partial charge >= 0.3 is 0 Å². The molecule has 1 aromatic rings. The highest BCUT2D eigenvalue weighted by Crippen LogP contribution is 2.09. The Kier molecular flexibility index (Phi) is 3.50. The van der Waals surface area contributed by atoms with Crippen molar-refractivity contribution in [1.29, 1.82) is 0 Å². The van der Waals surface area contributed by atoms with Crippen molar-refractivity contribution in [2.24, 2.45) is 0 Å². The van der Waals surface area contributed by atoms with Crippen LogP contribution in [-0.2, 0) is 0 Å². The predicted molar refractivity (Wildman–Crippen MR) is 54.9 cm³/mol. The van der Waals surface area contributed by atoms with Crippen LogP contribution in [0.25, 0.3) is 0 Å². The molecule has 1 heterocycles. The molecule has 0 aromatic carbocycles. The number of H-pyrrole nitrogens is 1. The van der Waals surface area contributed by atoms with Crippen LogP contribution in [0.3, 0.4) is 0 Å². The molecule has 0 spiro atoms. The van der Waals surface area contributed by atoms with Crippen LogP contribution < -0.4 is 5.73 Å². The zero-order valence-corrected chi connectivity index (χ0v) is 8.58. The van der Waals surface area contributed by atoms with Gasteiger partial charge in [-0.2, -0.15) is 5.10 Å². The highest BCUT2D eigenvalue weighted by Gasteiger charge is 2.15. The fraction of sp³-hybridized carbons (Fsp3) is 0.556. The number of hydrogen-bond acceptors (Lipinski definition) is 3. The number of carbonyl (C=O) groups excluding carboxylic acids is 1. The first kappa shape index (κ1) is 10.6. The lowest BCUT2D eigenvalue weighted by Gasteiger charge is -2.15. The van der Waals surface area contributed by atoms with Crippen molar-refractivity contribution in [3.8, 4) is 0 Å². The van der Waals surface area contributed by atoms with E-state index >= 15 is 0 Å². The van der Waals surface area contributed by atoms with Gasteiger partial charge in [-0.05, 0) is 6.42 Å². The number of amides is 1. The Morgan fingerprint density at radius 2 is 2.43 bits per heavy atom. The van der Waals surface area contributed by atoms with Gasteiger partial charge in [-0.1, -0.05) is 13.3 Å². The summed E-state index contributed by atoms with van der Waals surface area (Å²) >= 11 is 0. The number of nitrogen functional groups attached to an aromatic ring is 1. The highest BCUT2D eigenvalue weighted by molar-refractivity contribution is 5.96. The van der Waals surface area contributed by atoms with E-state index in [1.807, 2.05) is 0 Å². The first-order valence-corrected chi connectivity index (χ1v) is 4.71. The van der Waals surface area contributed by atoms with Gasteiger partial charge in [-0.25, -0.2) is 0 Å². The predicted octanol–water partition coefficient (Wildman–Crippen LogP) is 0.864. The third kappa shape index (κ3) is 2.25. The van der Waals surface area contributed by atoms with Gasteiger partial charge in [-0.3, -0.25) is 9.89 Å². The van der Waals surface area contributed by atoms with E-state index in [2.05, 4.69) is 17.1 Å². The van der Waals surface area contributed by atoms with Crippen LogP contribution in [0.1, 0.15) is 30.3 Å². The van der Waals surface area contributed by atoms with Gasteiger partial charge in [0.25, 0.3) is 5.91 Å². The molecule has 3 N–H and O–H groups in total. The largest absolute Gasteiger partial charge is 0.396 e. The summed E-state index contributed by atoms with van der Waals surface area (Å²) in [6, 6.07) is 0. The van der Waals surface area contributed by atoms with E-state index in [4.69, 9.17) is 5.73 Å². The Balaban J connectivity index is 2.61. The Morgan fingerprint density at radius 3 is 2.93 bits per heavy atom. The summed E-state index contributed by atoms with van der Waals surface area (Å²) < 4.78 is 0. The van der Waals surface area contributed by atoms with Gasteiger partial charge in [0, 0.05) is 13.6 Å². The Bertz CT molecular complexity index is 308. The van der Waals surface area contributed by atoms with Crippen molar-refractivity contribution in [3.63, 3.8) is 0 Å². The summed E-state index contributed by atoms with van der Waals surface area (Å²) in [5.74, 6) is -0.103. The van der Waals surface area contributed by atoms with Crippen LogP contribution >= 0.6 is 0 Å². The fourth-order valence-electron chi connectivity index (χ4n) is 1.15. The number of rotatable bonds is 4. The van der Waals surface area contributed by atoms with Crippen LogP contribution in [0.5, 0.6) is 0 Å². The summed E-state index contributed by atoms with van der Waals surface area (Å²) in [7, 11) is 1.76. The van der Waals surface area contributed by atoms with Crippen molar-refractivity contribution in [1.82, 2.24) is 15.1 Å². The van der Waals surface area contributed by atoms with Gasteiger partial charge < -0.3 is 10.6 Å². The Labute approximate surface area is 83.3 Å². The molecule has 0 unspecified atom stereocenters. The second-order valence-electron chi connectivity index (χ2n) is 3.28. The minimum Gasteiger partial charge on any atom is -0.396 e. The molecule has 0 radical (unpaired) electrons. The molecule has 1 rings (SSSR count). The monoisotopic (exact) mass is 196 g/mol. The summed E-state index contributed by atoms with van der Waals surface area (Å²) in [5, 5.41) is 6.30. The lowest BCUT2D eigenvalue weighted by molar-refractivity contribution is 0.0788. The molecule has 5 heteroatoms. The van der Waals surface area contributed by atoms with Gasteiger partial charge in [0.05, 0.1) is 11.9 Å². The van der Waals surface area contributed by atoms with Gasteiger partial charge in [-0.15, -0.1) is 0 Å². The molecule has 1 amide bonds. The number of unbranched alkanes of at least 4 members (excludes halogenated alkanes) is 1. The van der Waals surface area contributed by atoms with E-state index in [9.17, 15) is 4.79 Å². The first-order valence-electron chi connectivity index (χ1n) is 4.71. The molecule has 1 aromatic heterocycles. The maximum absolute atomic E-state index is 11.7. The molecular weight excluding hydrogens is 180 g/mol. The van der Waals surface area contributed by atoms with E-state index in [-0.39, 0.29) is 5.91 Å². The maximum Gasteiger partial charge on any atom is 0.273 e. The number of nitrogens with two attached hydrogens (primary N) is 1. The molecule has 0 fully saturated rings. The average Bonchev–Trinajstić information content (AvgIpc) is 2.59. The minimum absolute atomic E-state index is 0.103. The highest BCUT2D eigenvalue weighted by atomic mass is 16.2. The smallest absolute Gasteiger partial charge is 0.273 e. The molecule has 14 heavy (non-hydrogen) atoms. The lowest BCUT2D eigenvalue weighted by atomic mass is 10.3. The summed E-state index contributed by atoms with van der Waals surface area (Å²) in [6.07, 6.45) is 3.51. The molecule has 0 aliphatic heterocycles. The maximum atomic E-state index is 11.7. The second kappa shape index (κ2) is 4.64. The number of aromatic nitrogens is 2. The number of hydrogen-bond donors (Lipinski definition) is 2. The van der Waals surface area contributed by atoms with Crippen LogP contribution in [0, 0.1) is 0 Å². The molecule has 0 atom stereocenters. The zero-order valence-electron chi connectivity index (χ0n) is 8.58. The number of nitrogens with zero attached hydrogens (tertiary/aromatic N) is 2. The zero-order chi connectivity index (χ0) is 10.6. The van der Waals surface area contributed by atoms with Crippen LogP contribution in [0.4, 0.5) is 5.69 Å². The molecule has 0 aliphatic rings. The van der Waals surface area contributed by atoms with E-state index in [1.165, 1.54) is 6.20 Å². The van der Waals surface area contributed by atoms with Crippen LogP contribution in [0.2, 0.25) is 0 Å². The third-order valence-corrected chi connectivity index (χ3v) is 2.08. The van der Waals surface area contributed by atoms with Gasteiger partial charge in [0.15, 0.2) is 0 Å². The number of nitrogens with one attached hydrogen (secondary N) is 1. The SMILES string of the molecule is CCCCN(C)C(=O)c1[nH]ncc1N. The van der Waals surface area contributed by atoms with E-state index in [0.717, 1.165) is 19.4 Å². The molecular formula is C9H16N4O. The Hall–Kier alpha value is -1.52. The van der Waals surface area contributed by atoms with Crippen molar-refractivity contribution >= 4 is 11.6 Å². The first-order chi connectivity index (χ1) is 6.66. The van der Waals surface area contributed by atoms with Crippen molar-refractivity contribution in [2.75, 3.05) is 19.3 Å². The molecule has 5 nitrogen and oxygen atoms in total. The number of anilines is 1. The third-order valence-electron chi connectivity index (χ3n) is 2.08. The topological polar surface area (TPSA) is 75.0 Å².